The average molecular weight is 413 g/mol. The first kappa shape index (κ1) is 19.9. The van der Waals surface area contributed by atoms with Gasteiger partial charge >= 0.3 is 0 Å². The summed E-state index contributed by atoms with van der Waals surface area (Å²) < 4.78 is 11.3. The number of piperazine rings is 1. The fourth-order valence-corrected chi connectivity index (χ4v) is 3.59. The minimum atomic E-state index is 0.104. The van der Waals surface area contributed by atoms with Crippen LogP contribution in [0.3, 0.4) is 0 Å². The van der Waals surface area contributed by atoms with Crippen molar-refractivity contribution < 1.29 is 9.26 Å². The van der Waals surface area contributed by atoms with E-state index in [0.717, 1.165) is 49.1 Å². The molecule has 0 aliphatic carbocycles. The van der Waals surface area contributed by atoms with Crippen LogP contribution in [0.2, 0.25) is 5.02 Å². The van der Waals surface area contributed by atoms with Crippen LogP contribution in [0.5, 0.6) is 5.75 Å². The molecular weight excluding hydrogens is 388 g/mol. The zero-order valence-electron chi connectivity index (χ0n) is 16.5. The molecule has 1 saturated heterocycles. The van der Waals surface area contributed by atoms with Gasteiger partial charge in [-0.2, -0.15) is 4.98 Å². The molecule has 7 heteroatoms. The van der Waals surface area contributed by atoms with E-state index < -0.39 is 0 Å². The number of nitrogens with zero attached hydrogens (tertiary/aromatic N) is 4. The number of benzene rings is 2. The zero-order valence-corrected chi connectivity index (χ0v) is 17.3. The first-order valence-corrected chi connectivity index (χ1v) is 10.3. The van der Waals surface area contributed by atoms with Crippen LogP contribution in [-0.2, 0) is 0 Å². The van der Waals surface area contributed by atoms with Crippen LogP contribution >= 0.6 is 11.6 Å². The van der Waals surface area contributed by atoms with Crippen LogP contribution in [0, 0.1) is 0 Å². The van der Waals surface area contributed by atoms with Gasteiger partial charge in [-0.05, 0) is 31.2 Å². The number of halogens is 1. The van der Waals surface area contributed by atoms with Gasteiger partial charge in [-0.3, -0.25) is 9.80 Å². The second-order valence-corrected chi connectivity index (χ2v) is 7.61. The molecular formula is C22H25ClN4O2. The number of hydrogen-bond donors (Lipinski definition) is 0. The third-order valence-electron chi connectivity index (χ3n) is 5.28. The molecule has 1 fully saturated rings. The van der Waals surface area contributed by atoms with Crippen molar-refractivity contribution in [2.75, 3.05) is 39.3 Å². The second-order valence-electron chi connectivity index (χ2n) is 7.18. The van der Waals surface area contributed by atoms with Gasteiger partial charge in [0.1, 0.15) is 12.4 Å². The van der Waals surface area contributed by atoms with Crippen LogP contribution in [0.25, 0.3) is 11.4 Å². The molecule has 1 aliphatic rings. The Kier molecular flexibility index (Phi) is 6.44. The van der Waals surface area contributed by atoms with Crippen molar-refractivity contribution in [2.24, 2.45) is 0 Å². The van der Waals surface area contributed by atoms with Crippen LogP contribution in [-0.4, -0.2) is 59.3 Å². The highest BCUT2D eigenvalue weighted by molar-refractivity contribution is 6.30. The van der Waals surface area contributed by atoms with Crippen molar-refractivity contribution in [3.63, 3.8) is 0 Å². The lowest BCUT2D eigenvalue weighted by atomic mass is 10.2. The summed E-state index contributed by atoms with van der Waals surface area (Å²) in [7, 11) is 0. The third-order valence-corrected chi connectivity index (χ3v) is 5.53. The number of aromatic nitrogens is 2. The van der Waals surface area contributed by atoms with E-state index in [1.165, 1.54) is 0 Å². The van der Waals surface area contributed by atoms with E-state index in [0.29, 0.717) is 18.3 Å². The highest BCUT2D eigenvalue weighted by Gasteiger charge is 2.25. The quantitative estimate of drug-likeness (QED) is 0.581. The highest BCUT2D eigenvalue weighted by Crippen LogP contribution is 2.23. The van der Waals surface area contributed by atoms with E-state index >= 15 is 0 Å². The van der Waals surface area contributed by atoms with E-state index in [1.807, 2.05) is 54.6 Å². The normalized spacial score (nSPS) is 16.6. The number of ether oxygens (including phenoxy) is 1. The highest BCUT2D eigenvalue weighted by atomic mass is 35.5. The van der Waals surface area contributed by atoms with E-state index in [2.05, 4.69) is 26.9 Å². The minimum Gasteiger partial charge on any atom is -0.492 e. The van der Waals surface area contributed by atoms with Crippen molar-refractivity contribution in [3.8, 4) is 17.1 Å². The molecule has 1 aromatic heterocycles. The SMILES string of the molecule is C[C@@H](c1nc(-c2ccccc2)no1)N1CCN(CCOc2ccc(Cl)cc2)CC1. The largest absolute Gasteiger partial charge is 0.492 e. The Balaban J connectivity index is 1.24. The molecule has 0 radical (unpaired) electrons. The first-order valence-electron chi connectivity index (χ1n) is 9.93. The van der Waals surface area contributed by atoms with Gasteiger partial charge < -0.3 is 9.26 Å². The number of hydrogen-bond acceptors (Lipinski definition) is 6. The molecule has 6 nitrogen and oxygen atoms in total. The smallest absolute Gasteiger partial charge is 0.244 e. The monoisotopic (exact) mass is 412 g/mol. The van der Waals surface area contributed by atoms with Crippen molar-refractivity contribution in [3.05, 3.63) is 65.5 Å². The van der Waals surface area contributed by atoms with Crippen LogP contribution in [0.4, 0.5) is 0 Å². The molecule has 1 aliphatic heterocycles. The van der Waals surface area contributed by atoms with Gasteiger partial charge in [-0.1, -0.05) is 47.1 Å². The summed E-state index contributed by atoms with van der Waals surface area (Å²) in [4.78, 5) is 9.41. The van der Waals surface area contributed by atoms with E-state index in [1.54, 1.807) is 0 Å². The van der Waals surface area contributed by atoms with Crippen molar-refractivity contribution in [1.29, 1.82) is 0 Å². The fraction of sp³-hybridized carbons (Fsp3) is 0.364. The van der Waals surface area contributed by atoms with Gasteiger partial charge in [0, 0.05) is 43.3 Å². The Morgan fingerprint density at radius 3 is 2.48 bits per heavy atom. The van der Waals surface area contributed by atoms with Crippen molar-refractivity contribution in [1.82, 2.24) is 19.9 Å². The summed E-state index contributed by atoms with van der Waals surface area (Å²) in [6.07, 6.45) is 0. The summed E-state index contributed by atoms with van der Waals surface area (Å²) in [5.74, 6) is 2.17. The Bertz CT molecular complexity index is 893. The summed E-state index contributed by atoms with van der Waals surface area (Å²) in [6.45, 7) is 7.62. The minimum absolute atomic E-state index is 0.104. The molecule has 2 heterocycles. The topological polar surface area (TPSA) is 54.6 Å². The molecule has 4 rings (SSSR count). The van der Waals surface area contributed by atoms with Gasteiger partial charge in [0.2, 0.25) is 11.7 Å². The molecule has 29 heavy (non-hydrogen) atoms. The van der Waals surface area contributed by atoms with Gasteiger partial charge in [-0.25, -0.2) is 0 Å². The predicted molar refractivity (Wildman–Crippen MR) is 113 cm³/mol. The lowest BCUT2D eigenvalue weighted by Crippen LogP contribution is -2.48. The fourth-order valence-electron chi connectivity index (χ4n) is 3.46. The molecule has 0 unspecified atom stereocenters. The summed E-state index contributed by atoms with van der Waals surface area (Å²) in [5, 5.41) is 4.87. The van der Waals surface area contributed by atoms with Crippen molar-refractivity contribution in [2.45, 2.75) is 13.0 Å². The zero-order chi connectivity index (χ0) is 20.1. The van der Waals surface area contributed by atoms with Crippen molar-refractivity contribution >= 4 is 11.6 Å². The standard InChI is InChI=1S/C22H25ClN4O2/c1-17(22-24-21(25-29-22)18-5-3-2-4-6-18)27-13-11-26(12-14-27)15-16-28-20-9-7-19(23)8-10-20/h2-10,17H,11-16H2,1H3/t17-/m0/s1. The molecule has 152 valence electrons. The summed E-state index contributed by atoms with van der Waals surface area (Å²) in [6, 6.07) is 17.5. The Labute approximate surface area is 176 Å². The molecule has 0 spiro atoms. The molecule has 0 amide bonds. The van der Waals surface area contributed by atoms with Crippen LogP contribution in [0.15, 0.2) is 59.1 Å². The first-order chi connectivity index (χ1) is 14.2. The Morgan fingerprint density at radius 2 is 1.76 bits per heavy atom. The predicted octanol–water partition coefficient (Wildman–Crippen LogP) is 4.15. The van der Waals surface area contributed by atoms with E-state index in [9.17, 15) is 0 Å². The van der Waals surface area contributed by atoms with Crippen LogP contribution in [0.1, 0.15) is 18.9 Å². The average Bonchev–Trinajstić information content (AvgIpc) is 3.26. The summed E-state index contributed by atoms with van der Waals surface area (Å²) >= 11 is 5.90. The van der Waals surface area contributed by atoms with Gasteiger partial charge in [-0.15, -0.1) is 0 Å². The molecule has 1 atom stereocenters. The molecule has 3 aromatic rings. The maximum Gasteiger partial charge on any atom is 0.244 e. The Hall–Kier alpha value is -2.41. The van der Waals surface area contributed by atoms with Gasteiger partial charge in [0.05, 0.1) is 6.04 Å². The van der Waals surface area contributed by atoms with Crippen LogP contribution < -0.4 is 4.74 Å². The number of rotatable bonds is 7. The third kappa shape index (κ3) is 5.15. The molecule has 0 saturated carbocycles. The van der Waals surface area contributed by atoms with Gasteiger partial charge in [0.25, 0.3) is 0 Å². The van der Waals surface area contributed by atoms with Gasteiger partial charge in [0.15, 0.2) is 0 Å². The second kappa shape index (κ2) is 9.39. The molecule has 0 N–H and O–H groups in total. The summed E-state index contributed by atoms with van der Waals surface area (Å²) in [5.41, 5.74) is 0.972. The lowest BCUT2D eigenvalue weighted by molar-refractivity contribution is 0.0800. The molecule has 0 bridgehead atoms. The molecule has 2 aromatic carbocycles. The lowest BCUT2D eigenvalue weighted by Gasteiger charge is -2.36. The maximum atomic E-state index is 5.90. The van der Waals surface area contributed by atoms with E-state index in [4.69, 9.17) is 20.9 Å². The van der Waals surface area contributed by atoms with E-state index in [-0.39, 0.29) is 6.04 Å². The maximum absolute atomic E-state index is 5.90. The Morgan fingerprint density at radius 1 is 1.03 bits per heavy atom.